The summed E-state index contributed by atoms with van der Waals surface area (Å²) in [7, 11) is 0. The van der Waals surface area contributed by atoms with Crippen LogP contribution in [0.25, 0.3) is 0 Å². The van der Waals surface area contributed by atoms with Crippen LogP contribution in [0, 0.1) is 0 Å². The molecule has 1 atom stereocenters. The average molecular weight is 317 g/mol. The van der Waals surface area contributed by atoms with E-state index in [0.29, 0.717) is 0 Å². The normalized spacial score (nSPS) is 24.1. The lowest BCUT2D eigenvalue weighted by Gasteiger charge is -2.44. The zero-order chi connectivity index (χ0) is 16.8. The maximum Gasteiger partial charge on any atom is 0.134 e. The molecule has 0 amide bonds. The van der Waals surface area contributed by atoms with Crippen LogP contribution in [0.4, 0.5) is 5.82 Å². The first-order valence-corrected chi connectivity index (χ1v) is 8.64. The van der Waals surface area contributed by atoms with E-state index in [1.807, 2.05) is 12.3 Å². The highest BCUT2D eigenvalue weighted by Crippen LogP contribution is 2.50. The Kier molecular flexibility index (Phi) is 3.34. The number of fused-ring (bicyclic) bond motifs is 1. The number of aromatic nitrogens is 1. The summed E-state index contributed by atoms with van der Waals surface area (Å²) in [5, 5.41) is 3.59. The van der Waals surface area contributed by atoms with Crippen molar-refractivity contribution in [2.24, 2.45) is 4.99 Å². The van der Waals surface area contributed by atoms with Gasteiger partial charge in [-0.3, -0.25) is 4.99 Å². The number of pyridine rings is 1. The van der Waals surface area contributed by atoms with Crippen LogP contribution in [0.3, 0.4) is 0 Å². The molecule has 0 bridgehead atoms. The van der Waals surface area contributed by atoms with Gasteiger partial charge in [-0.05, 0) is 31.9 Å². The average Bonchev–Trinajstić information content (AvgIpc) is 2.59. The van der Waals surface area contributed by atoms with Gasteiger partial charge < -0.3 is 5.32 Å². The van der Waals surface area contributed by atoms with E-state index in [9.17, 15) is 0 Å². The van der Waals surface area contributed by atoms with E-state index in [0.717, 1.165) is 18.7 Å². The van der Waals surface area contributed by atoms with Crippen LogP contribution in [0.1, 0.15) is 44.7 Å². The molecule has 24 heavy (non-hydrogen) atoms. The number of nitrogens with one attached hydrogen (secondary N) is 1. The first-order chi connectivity index (χ1) is 11.6. The van der Waals surface area contributed by atoms with Crippen molar-refractivity contribution in [1.82, 2.24) is 4.98 Å². The molecule has 0 aliphatic carbocycles. The van der Waals surface area contributed by atoms with Crippen LogP contribution < -0.4 is 5.32 Å². The largest absolute Gasteiger partial charge is 0.343 e. The molecule has 1 aromatic heterocycles. The van der Waals surface area contributed by atoms with Crippen LogP contribution in [-0.4, -0.2) is 16.7 Å². The van der Waals surface area contributed by atoms with Gasteiger partial charge in [0.25, 0.3) is 0 Å². The summed E-state index contributed by atoms with van der Waals surface area (Å²) in [5.41, 5.74) is 4.83. The van der Waals surface area contributed by atoms with Crippen molar-refractivity contribution in [2.75, 3.05) is 5.32 Å². The van der Waals surface area contributed by atoms with Crippen LogP contribution >= 0.6 is 0 Å². The highest BCUT2D eigenvalue weighted by Gasteiger charge is 2.44. The molecule has 0 unspecified atom stereocenters. The molecular formula is C21H23N3. The number of allylic oxidation sites excluding steroid dienone is 1. The molecule has 0 saturated heterocycles. The Labute approximate surface area is 143 Å². The minimum absolute atomic E-state index is 0.0751. The third kappa shape index (κ3) is 2.11. The van der Waals surface area contributed by atoms with E-state index in [2.05, 4.69) is 73.7 Å². The number of benzene rings is 1. The second-order valence-corrected chi connectivity index (χ2v) is 7.29. The van der Waals surface area contributed by atoms with Crippen molar-refractivity contribution in [2.45, 2.75) is 44.6 Å². The van der Waals surface area contributed by atoms with Gasteiger partial charge in [0, 0.05) is 35.7 Å². The van der Waals surface area contributed by atoms with Crippen LogP contribution in [0.5, 0.6) is 0 Å². The molecule has 2 aromatic rings. The third-order valence-corrected chi connectivity index (χ3v) is 5.27. The van der Waals surface area contributed by atoms with Crippen molar-refractivity contribution >= 4 is 12.0 Å². The lowest BCUT2D eigenvalue weighted by molar-refractivity contribution is 0.492. The fourth-order valence-electron chi connectivity index (χ4n) is 4.13. The maximum atomic E-state index is 4.84. The number of hydrogen-bond donors (Lipinski definition) is 1. The lowest BCUT2D eigenvalue weighted by atomic mass is 9.64. The Hall–Kier alpha value is -2.42. The molecule has 1 aromatic carbocycles. The number of dihydropyridines is 1. The first kappa shape index (κ1) is 15.1. The summed E-state index contributed by atoms with van der Waals surface area (Å²) in [4.78, 5) is 9.48. The zero-order valence-corrected chi connectivity index (χ0v) is 14.5. The topological polar surface area (TPSA) is 37.3 Å². The van der Waals surface area contributed by atoms with Gasteiger partial charge in [0.05, 0.1) is 11.0 Å². The van der Waals surface area contributed by atoms with Gasteiger partial charge in [0.2, 0.25) is 0 Å². The van der Waals surface area contributed by atoms with Crippen LogP contribution in [0.2, 0.25) is 0 Å². The smallest absolute Gasteiger partial charge is 0.134 e. The zero-order valence-electron chi connectivity index (χ0n) is 14.5. The molecule has 3 heterocycles. The number of rotatable bonds is 2. The van der Waals surface area contributed by atoms with Gasteiger partial charge in [0.15, 0.2) is 0 Å². The Balaban J connectivity index is 2.02. The molecule has 0 saturated carbocycles. The molecule has 122 valence electrons. The summed E-state index contributed by atoms with van der Waals surface area (Å²) in [6.07, 6.45) is 5.84. The summed E-state index contributed by atoms with van der Waals surface area (Å²) in [5.74, 6) is 0.980. The third-order valence-electron chi connectivity index (χ3n) is 5.27. The molecule has 2 aliphatic heterocycles. The Morgan fingerprint density at radius 1 is 1.08 bits per heavy atom. The van der Waals surface area contributed by atoms with E-state index in [4.69, 9.17) is 4.99 Å². The molecule has 0 fully saturated rings. The van der Waals surface area contributed by atoms with E-state index < -0.39 is 0 Å². The van der Waals surface area contributed by atoms with Gasteiger partial charge in [-0.15, -0.1) is 0 Å². The fourth-order valence-corrected chi connectivity index (χ4v) is 4.13. The van der Waals surface area contributed by atoms with Gasteiger partial charge >= 0.3 is 0 Å². The molecule has 4 rings (SSSR count). The van der Waals surface area contributed by atoms with E-state index in [1.165, 1.54) is 22.4 Å². The fraction of sp³-hybridized carbons (Fsp3) is 0.333. The van der Waals surface area contributed by atoms with E-state index in [-0.39, 0.29) is 11.0 Å². The highest BCUT2D eigenvalue weighted by molar-refractivity contribution is 5.90. The molecule has 3 nitrogen and oxygen atoms in total. The number of nitrogens with zero attached hydrogens (tertiary/aromatic N) is 2. The van der Waals surface area contributed by atoms with Crippen molar-refractivity contribution < 1.29 is 0 Å². The van der Waals surface area contributed by atoms with Gasteiger partial charge in [-0.1, -0.05) is 43.3 Å². The Morgan fingerprint density at radius 2 is 1.88 bits per heavy atom. The molecule has 0 spiro atoms. The van der Waals surface area contributed by atoms with Crippen molar-refractivity contribution in [3.63, 3.8) is 0 Å². The van der Waals surface area contributed by atoms with E-state index in [1.54, 1.807) is 0 Å². The maximum absolute atomic E-state index is 4.84. The van der Waals surface area contributed by atoms with Crippen LogP contribution in [0.15, 0.2) is 64.9 Å². The molecule has 2 aliphatic rings. The van der Waals surface area contributed by atoms with Crippen LogP contribution in [-0.2, 0) is 5.41 Å². The molecule has 1 N–H and O–H groups in total. The highest BCUT2D eigenvalue weighted by atomic mass is 15.0. The Morgan fingerprint density at radius 3 is 2.62 bits per heavy atom. The summed E-state index contributed by atoms with van der Waals surface area (Å²) < 4.78 is 0. The Bertz CT molecular complexity index is 833. The van der Waals surface area contributed by atoms with Crippen molar-refractivity contribution in [1.29, 1.82) is 0 Å². The number of hydrogen-bond acceptors (Lipinski definition) is 3. The van der Waals surface area contributed by atoms with Gasteiger partial charge in [-0.2, -0.15) is 0 Å². The number of aliphatic imine (C=N–C) groups is 1. The number of anilines is 1. The monoisotopic (exact) mass is 317 g/mol. The summed E-state index contributed by atoms with van der Waals surface area (Å²) in [6.45, 7) is 6.62. The second kappa shape index (κ2) is 5.30. The van der Waals surface area contributed by atoms with Crippen molar-refractivity contribution in [3.8, 4) is 0 Å². The molecule has 3 heteroatoms. The predicted octanol–water partition coefficient (Wildman–Crippen LogP) is 4.71. The predicted molar refractivity (Wildman–Crippen MR) is 99.6 cm³/mol. The molecule has 0 radical (unpaired) electrons. The molecular weight excluding hydrogens is 294 g/mol. The van der Waals surface area contributed by atoms with Gasteiger partial charge in [-0.25, -0.2) is 4.98 Å². The summed E-state index contributed by atoms with van der Waals surface area (Å²) >= 11 is 0. The quantitative estimate of drug-likeness (QED) is 0.871. The van der Waals surface area contributed by atoms with E-state index >= 15 is 0 Å². The van der Waals surface area contributed by atoms with Crippen molar-refractivity contribution in [3.05, 3.63) is 71.1 Å². The lowest BCUT2D eigenvalue weighted by Crippen LogP contribution is -2.40. The standard InChI is InChI=1S/C21H23N3/c1-4-21(15-9-6-5-7-10-15)16-11-8-12-22-19(16)24-18-13-20(2,3)23-14-17(18)21/h5-12,14H,4,13H2,1-3H3,(H,22,24)/t21-/m1/s1. The SMILES string of the molecule is CC[C@]1(c2ccccc2)C2=C(CC(C)(C)N=C2)Nc2ncccc21. The minimum atomic E-state index is -0.189. The minimum Gasteiger partial charge on any atom is -0.343 e. The summed E-state index contributed by atoms with van der Waals surface area (Å²) in [6, 6.07) is 15.0. The van der Waals surface area contributed by atoms with Gasteiger partial charge in [0.1, 0.15) is 5.82 Å². The first-order valence-electron chi connectivity index (χ1n) is 8.64. The second-order valence-electron chi connectivity index (χ2n) is 7.29.